The number of aliphatic hydroxyl groups excluding tert-OH is 1. The number of anilines is 5. The maximum Gasteiger partial charge on any atom is 0.421 e. The molecule has 252 valence electrons. The summed E-state index contributed by atoms with van der Waals surface area (Å²) in [6.45, 7) is 8.22. The number of ether oxygens (including phenoxy) is 1. The lowest BCUT2D eigenvalue weighted by molar-refractivity contribution is -0.137. The van der Waals surface area contributed by atoms with Crippen LogP contribution in [0.5, 0.6) is 5.75 Å². The second-order valence-electron chi connectivity index (χ2n) is 13.9. The van der Waals surface area contributed by atoms with Gasteiger partial charge in [0, 0.05) is 66.8 Å². The number of hydrogen-bond donors (Lipinski definition) is 4. The van der Waals surface area contributed by atoms with Crippen molar-refractivity contribution >= 4 is 28.8 Å². The largest absolute Gasteiger partial charge is 0.494 e. The molecule has 3 aromatic rings. The van der Waals surface area contributed by atoms with E-state index >= 15 is 0 Å². The molecule has 13 heteroatoms. The van der Waals surface area contributed by atoms with Crippen molar-refractivity contribution in [2.75, 3.05) is 61.2 Å². The molecule has 3 fully saturated rings. The Morgan fingerprint density at radius 3 is 2.57 bits per heavy atom. The molecule has 2 bridgehead atoms. The summed E-state index contributed by atoms with van der Waals surface area (Å²) in [7, 11) is 3.77. The van der Waals surface area contributed by atoms with Crippen molar-refractivity contribution in [1.82, 2.24) is 19.8 Å². The van der Waals surface area contributed by atoms with E-state index in [0.717, 1.165) is 61.3 Å². The van der Waals surface area contributed by atoms with Gasteiger partial charge in [0.1, 0.15) is 23.4 Å². The second kappa shape index (κ2) is 12.0. The predicted octanol–water partition coefficient (Wildman–Crippen LogP) is 5.24. The van der Waals surface area contributed by atoms with Crippen molar-refractivity contribution in [1.29, 1.82) is 0 Å². The molecule has 0 saturated carbocycles. The van der Waals surface area contributed by atoms with Crippen LogP contribution >= 0.6 is 0 Å². The zero-order valence-electron chi connectivity index (χ0n) is 27.2. The number of fused-ring (bicyclic) bond motifs is 3. The maximum atomic E-state index is 14.0. The molecular formula is C34H43F3N8O2. The minimum Gasteiger partial charge on any atom is -0.494 e. The van der Waals surface area contributed by atoms with Crippen molar-refractivity contribution in [3.05, 3.63) is 59.3 Å². The summed E-state index contributed by atoms with van der Waals surface area (Å²) in [6, 6.07) is 13.0. The number of piperidine rings is 1. The molecule has 5 heterocycles. The third-order valence-corrected chi connectivity index (χ3v) is 10.5. The van der Waals surface area contributed by atoms with Gasteiger partial charge in [0.2, 0.25) is 5.95 Å². The van der Waals surface area contributed by atoms with Crippen LogP contribution < -0.4 is 25.6 Å². The van der Waals surface area contributed by atoms with Crippen LogP contribution in [-0.2, 0) is 18.1 Å². The summed E-state index contributed by atoms with van der Waals surface area (Å²) in [5.74, 6) is 0.231. The van der Waals surface area contributed by atoms with E-state index < -0.39 is 23.4 Å². The van der Waals surface area contributed by atoms with Gasteiger partial charge in [-0.15, -0.1) is 0 Å². The van der Waals surface area contributed by atoms with Crippen molar-refractivity contribution in [2.24, 2.45) is 0 Å². The molecule has 4 aliphatic rings. The van der Waals surface area contributed by atoms with Crippen LogP contribution in [0.15, 0.2) is 42.6 Å². The molecule has 0 spiro atoms. The molecule has 3 saturated heterocycles. The number of benzene rings is 2. The van der Waals surface area contributed by atoms with Gasteiger partial charge in [-0.05, 0) is 68.7 Å². The molecule has 2 aromatic carbocycles. The van der Waals surface area contributed by atoms with Crippen molar-refractivity contribution < 1.29 is 23.0 Å². The third kappa shape index (κ3) is 5.93. The Balaban J connectivity index is 1.07. The fourth-order valence-electron chi connectivity index (χ4n) is 7.93. The lowest BCUT2D eigenvalue weighted by Crippen LogP contribution is -2.53. The third-order valence-electron chi connectivity index (χ3n) is 10.5. The SMILES string of the molecule is COc1cc(N2CC3CC2CN3C2CCN(C)CC2)ccc1Nc1ncc(C(F)(F)F)c(NCc2cccc3c2C(C)(C)C(O)N3)n1. The Morgan fingerprint density at radius 1 is 1.09 bits per heavy atom. The standard InChI is InChI=1S/C34H43F3N8O2/c1-33(2)29-20(6-5-7-27(29)40-31(33)46)16-38-30-25(34(35,36)37)17-39-32(42-30)41-26-9-8-22(15-28(26)47-4)45-19-23-14-24(45)18-44(23)21-10-12-43(3)13-11-21/h5-9,15,17,21,23-24,31,40,46H,10-14,16,18-19H2,1-4H3,(H2,38,39,41,42). The highest BCUT2D eigenvalue weighted by atomic mass is 19.4. The lowest BCUT2D eigenvalue weighted by Gasteiger charge is -2.42. The van der Waals surface area contributed by atoms with Crippen LogP contribution in [0, 0.1) is 0 Å². The van der Waals surface area contributed by atoms with Gasteiger partial charge in [0.05, 0.1) is 12.8 Å². The molecule has 0 aliphatic carbocycles. The quantitative estimate of drug-likeness (QED) is 0.259. The topological polar surface area (TPSA) is 101 Å². The highest BCUT2D eigenvalue weighted by molar-refractivity contribution is 5.70. The summed E-state index contributed by atoms with van der Waals surface area (Å²) in [4.78, 5) is 15.9. The van der Waals surface area contributed by atoms with Crippen LogP contribution in [-0.4, -0.2) is 89.6 Å². The summed E-state index contributed by atoms with van der Waals surface area (Å²) >= 11 is 0. The molecule has 3 unspecified atom stereocenters. The van der Waals surface area contributed by atoms with Crippen LogP contribution in [0.1, 0.15) is 49.8 Å². The monoisotopic (exact) mass is 652 g/mol. The minimum atomic E-state index is -4.66. The molecule has 7 rings (SSSR count). The van der Waals surface area contributed by atoms with Gasteiger partial charge in [0.15, 0.2) is 0 Å². The first-order valence-corrected chi connectivity index (χ1v) is 16.3. The summed E-state index contributed by atoms with van der Waals surface area (Å²) in [5.41, 5.74) is 2.41. The molecule has 3 atom stereocenters. The Bertz CT molecular complexity index is 1630. The predicted molar refractivity (Wildman–Crippen MR) is 176 cm³/mol. The molecule has 4 N–H and O–H groups in total. The van der Waals surface area contributed by atoms with E-state index in [1.165, 1.54) is 12.8 Å². The number of aliphatic hydroxyl groups is 1. The second-order valence-corrected chi connectivity index (χ2v) is 13.9. The highest BCUT2D eigenvalue weighted by Crippen LogP contribution is 2.43. The smallest absolute Gasteiger partial charge is 0.421 e. The fraction of sp³-hybridized carbons (Fsp3) is 0.529. The Hall–Kier alpha value is -3.81. The van der Waals surface area contributed by atoms with Gasteiger partial charge in [-0.25, -0.2) is 4.98 Å². The van der Waals surface area contributed by atoms with E-state index in [1.807, 2.05) is 50.2 Å². The van der Waals surface area contributed by atoms with Gasteiger partial charge in [-0.1, -0.05) is 26.0 Å². The zero-order valence-corrected chi connectivity index (χ0v) is 27.2. The minimum absolute atomic E-state index is 0.0104. The van der Waals surface area contributed by atoms with Crippen LogP contribution in [0.2, 0.25) is 0 Å². The van der Waals surface area contributed by atoms with E-state index in [1.54, 1.807) is 7.11 Å². The molecule has 10 nitrogen and oxygen atoms in total. The summed E-state index contributed by atoms with van der Waals surface area (Å²) in [6.07, 6.45) is -1.06. The molecule has 4 aliphatic heterocycles. The molecule has 0 radical (unpaired) electrons. The van der Waals surface area contributed by atoms with Crippen molar-refractivity contribution in [3.8, 4) is 5.75 Å². The average Bonchev–Trinajstić information content (AvgIpc) is 3.71. The van der Waals surface area contributed by atoms with E-state index in [9.17, 15) is 18.3 Å². The Labute approximate surface area is 273 Å². The van der Waals surface area contributed by atoms with Crippen LogP contribution in [0.3, 0.4) is 0 Å². The van der Waals surface area contributed by atoms with Crippen molar-refractivity contribution in [2.45, 2.75) is 75.6 Å². The van der Waals surface area contributed by atoms with E-state index in [2.05, 4.69) is 47.7 Å². The number of rotatable bonds is 8. The molecule has 0 amide bonds. The number of nitrogens with one attached hydrogen (secondary N) is 3. The number of likely N-dealkylation sites (tertiary alicyclic amines) is 2. The molecule has 47 heavy (non-hydrogen) atoms. The summed E-state index contributed by atoms with van der Waals surface area (Å²) < 4.78 is 47.8. The van der Waals surface area contributed by atoms with E-state index in [-0.39, 0.29) is 18.3 Å². The zero-order chi connectivity index (χ0) is 33.1. The highest BCUT2D eigenvalue weighted by Gasteiger charge is 2.46. The number of piperazine rings is 1. The lowest BCUT2D eigenvalue weighted by atomic mass is 9.82. The van der Waals surface area contributed by atoms with E-state index in [0.29, 0.717) is 29.6 Å². The van der Waals surface area contributed by atoms with Gasteiger partial charge in [0.25, 0.3) is 0 Å². The first kappa shape index (κ1) is 31.8. The van der Waals surface area contributed by atoms with Gasteiger partial charge < -0.3 is 35.6 Å². The first-order chi connectivity index (χ1) is 22.4. The Kier molecular flexibility index (Phi) is 8.12. The first-order valence-electron chi connectivity index (χ1n) is 16.3. The van der Waals surface area contributed by atoms with Gasteiger partial charge >= 0.3 is 6.18 Å². The summed E-state index contributed by atoms with van der Waals surface area (Å²) in [5, 5.41) is 19.5. The normalized spacial score (nSPS) is 24.3. The number of nitrogens with zero attached hydrogens (tertiary/aromatic N) is 5. The number of methoxy groups -OCH3 is 1. The van der Waals surface area contributed by atoms with Gasteiger partial charge in [-0.2, -0.15) is 18.2 Å². The number of alkyl halides is 3. The van der Waals surface area contributed by atoms with Crippen LogP contribution in [0.4, 0.5) is 42.0 Å². The van der Waals surface area contributed by atoms with Crippen molar-refractivity contribution in [3.63, 3.8) is 0 Å². The van der Waals surface area contributed by atoms with Gasteiger partial charge in [-0.3, -0.25) is 4.90 Å². The Morgan fingerprint density at radius 2 is 1.87 bits per heavy atom. The molecule has 1 aromatic heterocycles. The van der Waals surface area contributed by atoms with Crippen LogP contribution in [0.25, 0.3) is 0 Å². The number of aromatic nitrogens is 2. The fourth-order valence-corrected chi connectivity index (χ4v) is 7.93. The van der Waals surface area contributed by atoms with E-state index in [4.69, 9.17) is 4.74 Å². The maximum absolute atomic E-state index is 14.0. The number of halogens is 3. The number of hydrogen-bond acceptors (Lipinski definition) is 10. The molecular weight excluding hydrogens is 609 g/mol. The average molecular weight is 653 g/mol.